The fraction of sp³-hybridized carbons (Fsp3) is 0.318. The Labute approximate surface area is 181 Å². The minimum Gasteiger partial charge on any atom is -0.497 e. The highest BCUT2D eigenvalue weighted by Crippen LogP contribution is 2.51. The number of halogens is 3. The van der Waals surface area contributed by atoms with Gasteiger partial charge in [0.15, 0.2) is 0 Å². The summed E-state index contributed by atoms with van der Waals surface area (Å²) in [4.78, 5) is 38.1. The van der Waals surface area contributed by atoms with Crippen LogP contribution in [0.2, 0.25) is 0 Å². The summed E-state index contributed by atoms with van der Waals surface area (Å²) < 4.78 is 45.0. The minimum absolute atomic E-state index is 0.0265. The number of urea groups is 1. The molecule has 1 aliphatic carbocycles. The molecular weight excluding hydrogens is 427 g/mol. The van der Waals surface area contributed by atoms with E-state index >= 15 is 0 Å². The molecule has 0 aromatic heterocycles. The molecule has 2 fully saturated rings. The van der Waals surface area contributed by atoms with Crippen molar-refractivity contribution in [1.82, 2.24) is 15.8 Å². The summed E-state index contributed by atoms with van der Waals surface area (Å²) in [7, 11) is 1.46. The zero-order chi connectivity index (χ0) is 23.3. The lowest BCUT2D eigenvalue weighted by Crippen LogP contribution is -2.48. The van der Waals surface area contributed by atoms with Crippen LogP contribution in [0.3, 0.4) is 0 Å². The highest BCUT2D eigenvalue weighted by Gasteiger charge is 2.53. The molecule has 1 saturated carbocycles. The number of nitrogens with one attached hydrogen (secondary N) is 2. The third kappa shape index (κ3) is 3.65. The summed E-state index contributed by atoms with van der Waals surface area (Å²) in [6, 6.07) is 10.8. The summed E-state index contributed by atoms with van der Waals surface area (Å²) in [5.74, 6) is -2.33. The van der Waals surface area contributed by atoms with Crippen molar-refractivity contribution < 1.29 is 32.3 Å². The molecule has 4 amide bonds. The number of ether oxygens (including phenoxy) is 1. The van der Waals surface area contributed by atoms with Crippen molar-refractivity contribution in [2.24, 2.45) is 5.92 Å². The van der Waals surface area contributed by atoms with Gasteiger partial charge in [0.2, 0.25) is 5.91 Å². The molecule has 2 aliphatic rings. The summed E-state index contributed by atoms with van der Waals surface area (Å²) >= 11 is 0. The molecular formula is C22H20F3N3O4. The molecule has 0 bridgehead atoms. The lowest BCUT2D eigenvalue weighted by atomic mass is 9.92. The van der Waals surface area contributed by atoms with Gasteiger partial charge in [0.1, 0.15) is 11.3 Å². The van der Waals surface area contributed by atoms with Crippen molar-refractivity contribution in [3.8, 4) is 5.75 Å². The molecule has 4 rings (SSSR count). The van der Waals surface area contributed by atoms with Crippen molar-refractivity contribution in [3.05, 3.63) is 65.2 Å². The third-order valence-corrected chi connectivity index (χ3v) is 5.85. The number of amides is 4. The number of benzene rings is 2. The van der Waals surface area contributed by atoms with Gasteiger partial charge in [0.05, 0.1) is 12.7 Å². The number of methoxy groups -OCH3 is 1. The monoisotopic (exact) mass is 447 g/mol. The molecule has 0 unspecified atom stereocenters. The average molecular weight is 447 g/mol. The van der Waals surface area contributed by atoms with Gasteiger partial charge in [0.25, 0.3) is 5.91 Å². The van der Waals surface area contributed by atoms with Crippen LogP contribution in [0.4, 0.5) is 18.0 Å². The average Bonchev–Trinajstić information content (AvgIpc) is 3.53. The largest absolute Gasteiger partial charge is 0.497 e. The second-order valence-corrected chi connectivity index (χ2v) is 7.94. The first kappa shape index (κ1) is 21.7. The molecule has 168 valence electrons. The van der Waals surface area contributed by atoms with Gasteiger partial charge in [-0.15, -0.1) is 0 Å². The number of hydrazine groups is 1. The molecule has 10 heteroatoms. The molecule has 7 nitrogen and oxygen atoms in total. The smallest absolute Gasteiger partial charge is 0.416 e. The summed E-state index contributed by atoms with van der Waals surface area (Å²) in [6.07, 6.45) is -4.35. The van der Waals surface area contributed by atoms with Crippen LogP contribution in [0.5, 0.6) is 5.75 Å². The quantitative estimate of drug-likeness (QED) is 0.689. The van der Waals surface area contributed by atoms with Gasteiger partial charge in [-0.2, -0.15) is 18.2 Å². The molecule has 1 saturated heterocycles. The fourth-order valence-electron chi connectivity index (χ4n) is 3.97. The Morgan fingerprint density at radius 1 is 1.19 bits per heavy atom. The number of hydrogen-bond donors (Lipinski definition) is 2. The van der Waals surface area contributed by atoms with Crippen LogP contribution in [0.25, 0.3) is 0 Å². The molecule has 2 aromatic carbocycles. The maximum Gasteiger partial charge on any atom is 0.416 e. The number of hydrogen-bond acceptors (Lipinski definition) is 4. The Balaban J connectivity index is 1.49. The van der Waals surface area contributed by atoms with Gasteiger partial charge >= 0.3 is 12.2 Å². The van der Waals surface area contributed by atoms with Crippen molar-refractivity contribution in [2.45, 2.75) is 31.0 Å². The molecule has 1 aliphatic heterocycles. The van der Waals surface area contributed by atoms with Crippen LogP contribution < -0.4 is 15.5 Å². The Morgan fingerprint density at radius 3 is 2.59 bits per heavy atom. The van der Waals surface area contributed by atoms with E-state index in [-0.39, 0.29) is 12.0 Å². The second-order valence-electron chi connectivity index (χ2n) is 7.94. The topological polar surface area (TPSA) is 87.7 Å². The molecule has 2 N–H and O–H groups in total. The second kappa shape index (κ2) is 7.54. The summed E-state index contributed by atoms with van der Waals surface area (Å²) in [6.45, 7) is 1.49. The Hall–Kier alpha value is -3.56. The van der Waals surface area contributed by atoms with E-state index in [0.29, 0.717) is 16.3 Å². The van der Waals surface area contributed by atoms with Crippen molar-refractivity contribution in [1.29, 1.82) is 0 Å². The van der Waals surface area contributed by atoms with Crippen molar-refractivity contribution in [3.63, 3.8) is 0 Å². The van der Waals surface area contributed by atoms with E-state index in [1.807, 2.05) is 0 Å². The number of rotatable bonds is 5. The van der Waals surface area contributed by atoms with Gasteiger partial charge in [0, 0.05) is 5.92 Å². The Morgan fingerprint density at radius 2 is 1.91 bits per heavy atom. The zero-order valence-electron chi connectivity index (χ0n) is 17.2. The maximum absolute atomic E-state index is 13.3. The first-order valence-electron chi connectivity index (χ1n) is 9.84. The minimum atomic E-state index is -4.54. The first-order chi connectivity index (χ1) is 15.1. The van der Waals surface area contributed by atoms with Crippen molar-refractivity contribution in [2.75, 3.05) is 7.11 Å². The van der Waals surface area contributed by atoms with Gasteiger partial charge in [-0.1, -0.05) is 30.3 Å². The Bertz CT molecular complexity index is 1100. The number of imide groups is 1. The van der Waals surface area contributed by atoms with Crippen LogP contribution in [0.1, 0.15) is 36.0 Å². The van der Waals surface area contributed by atoms with Gasteiger partial charge in [-0.05, 0) is 48.6 Å². The molecule has 32 heavy (non-hydrogen) atoms. The van der Waals surface area contributed by atoms with E-state index in [4.69, 9.17) is 4.74 Å². The van der Waals surface area contributed by atoms with Crippen LogP contribution in [0, 0.1) is 5.92 Å². The highest BCUT2D eigenvalue weighted by atomic mass is 19.4. The first-order valence-corrected chi connectivity index (χ1v) is 9.84. The molecule has 0 radical (unpaired) electrons. The number of alkyl halides is 3. The summed E-state index contributed by atoms with van der Waals surface area (Å²) in [5, 5.41) is 3.13. The van der Waals surface area contributed by atoms with E-state index in [1.165, 1.54) is 32.2 Å². The summed E-state index contributed by atoms with van der Waals surface area (Å²) in [5.41, 5.74) is 0.522. The Kier molecular flexibility index (Phi) is 5.10. The third-order valence-electron chi connectivity index (χ3n) is 5.85. The lowest BCUT2D eigenvalue weighted by Gasteiger charge is -2.22. The molecule has 1 heterocycles. The van der Waals surface area contributed by atoms with Crippen LogP contribution in [-0.4, -0.2) is 30.0 Å². The van der Waals surface area contributed by atoms with Gasteiger partial charge in [-0.25, -0.2) is 4.79 Å². The molecule has 2 aromatic rings. The number of nitrogens with zero attached hydrogens (tertiary/aromatic N) is 1. The number of carbonyl (C=O) groups is 3. The zero-order valence-corrected chi connectivity index (χ0v) is 17.2. The molecule has 3 atom stereocenters. The fourth-order valence-corrected chi connectivity index (χ4v) is 3.97. The van der Waals surface area contributed by atoms with Crippen LogP contribution >= 0.6 is 0 Å². The standard InChI is InChI=1S/C22H20F3N3O4/c1-21(12-6-5-7-13(10-12)32-2)19(30)28(20(31)26-21)27-18(29)16-11-15(16)14-8-3-4-9-17(14)22(23,24)25/h3-10,15-16H,11H2,1-2H3,(H,26,31)(H,27,29)/t15-,16+,21-/m0/s1. The van der Waals surface area contributed by atoms with E-state index in [2.05, 4.69) is 10.7 Å². The van der Waals surface area contributed by atoms with Crippen LogP contribution in [-0.2, 0) is 21.3 Å². The van der Waals surface area contributed by atoms with Crippen LogP contribution in [0.15, 0.2) is 48.5 Å². The lowest BCUT2D eigenvalue weighted by molar-refractivity contribution is -0.139. The predicted octanol–water partition coefficient (Wildman–Crippen LogP) is 3.32. The van der Waals surface area contributed by atoms with Crippen molar-refractivity contribution >= 4 is 17.8 Å². The van der Waals surface area contributed by atoms with E-state index in [1.54, 1.807) is 24.3 Å². The van der Waals surface area contributed by atoms with E-state index in [9.17, 15) is 27.6 Å². The normalized spacial score (nSPS) is 24.8. The van der Waals surface area contributed by atoms with Gasteiger partial charge < -0.3 is 10.1 Å². The predicted molar refractivity (Wildman–Crippen MR) is 106 cm³/mol. The maximum atomic E-state index is 13.3. The van der Waals surface area contributed by atoms with E-state index < -0.39 is 47.0 Å². The highest BCUT2D eigenvalue weighted by molar-refractivity contribution is 6.08. The SMILES string of the molecule is COc1cccc([C@]2(C)NC(=O)N(NC(=O)[C@@H]3C[C@H]3c3ccccc3C(F)(F)F)C2=O)c1. The number of carbonyl (C=O) groups excluding carboxylic acids is 3. The van der Waals surface area contributed by atoms with Gasteiger partial charge in [-0.3, -0.25) is 15.0 Å². The van der Waals surface area contributed by atoms with E-state index in [0.717, 1.165) is 6.07 Å². The molecule has 0 spiro atoms.